The topological polar surface area (TPSA) is 20.3 Å². The molecular weight excluding hydrogens is 323 g/mol. The van der Waals surface area contributed by atoms with E-state index >= 15 is 0 Å². The zero-order chi connectivity index (χ0) is 18.2. The van der Waals surface area contributed by atoms with E-state index in [-0.39, 0.29) is 12.0 Å². The Labute approximate surface area is 139 Å². The molecule has 23 heavy (non-hydrogen) atoms. The molecular formula is C17H26F3NOS. The largest absolute Gasteiger partial charge is 0.416 e. The van der Waals surface area contributed by atoms with Gasteiger partial charge in [-0.25, -0.2) is 8.51 Å². The van der Waals surface area contributed by atoms with Crippen molar-refractivity contribution in [3.63, 3.8) is 0 Å². The lowest BCUT2D eigenvalue weighted by atomic mass is 9.95. The first kappa shape index (κ1) is 20.2. The van der Waals surface area contributed by atoms with Gasteiger partial charge in [0.05, 0.1) is 21.3 Å². The smallest absolute Gasteiger partial charge is 0.242 e. The van der Waals surface area contributed by atoms with Crippen LogP contribution in [-0.2, 0) is 17.2 Å². The number of nitrogens with zero attached hydrogens (tertiary/aromatic N) is 1. The fourth-order valence-corrected chi connectivity index (χ4v) is 3.47. The summed E-state index contributed by atoms with van der Waals surface area (Å²) in [5.41, 5.74) is 0.515. The van der Waals surface area contributed by atoms with Crippen molar-refractivity contribution < 1.29 is 17.4 Å². The second-order valence-corrected chi connectivity index (χ2v) is 9.42. The van der Waals surface area contributed by atoms with Crippen molar-refractivity contribution in [2.75, 3.05) is 7.05 Å². The van der Waals surface area contributed by atoms with Crippen LogP contribution in [-0.4, -0.2) is 20.3 Å². The van der Waals surface area contributed by atoms with Crippen molar-refractivity contribution in [3.05, 3.63) is 34.9 Å². The Morgan fingerprint density at radius 3 is 1.87 bits per heavy atom. The van der Waals surface area contributed by atoms with Crippen LogP contribution in [0.15, 0.2) is 18.2 Å². The van der Waals surface area contributed by atoms with Crippen LogP contribution >= 0.6 is 0 Å². The van der Waals surface area contributed by atoms with Crippen molar-refractivity contribution in [1.82, 2.24) is 4.31 Å². The third-order valence-electron chi connectivity index (χ3n) is 3.78. The average Bonchev–Trinajstić information content (AvgIpc) is 2.42. The molecule has 0 heterocycles. The summed E-state index contributed by atoms with van der Waals surface area (Å²) >= 11 is 0. The molecule has 0 bridgehead atoms. The van der Waals surface area contributed by atoms with E-state index in [0.29, 0.717) is 11.1 Å². The van der Waals surface area contributed by atoms with Gasteiger partial charge >= 0.3 is 6.18 Å². The predicted octanol–water partition coefficient (Wildman–Crippen LogP) is 5.28. The summed E-state index contributed by atoms with van der Waals surface area (Å²) in [5.74, 6) is -0.0123. The van der Waals surface area contributed by atoms with E-state index in [1.54, 1.807) is 24.3 Å². The SMILES string of the molecule is CC(C)c1cc([C@@H](C)N(C)S(=O)C(C)(C)C)cc(C(F)(F)F)c1. The van der Waals surface area contributed by atoms with Gasteiger partial charge in [-0.3, -0.25) is 0 Å². The van der Waals surface area contributed by atoms with Gasteiger partial charge in [0.25, 0.3) is 0 Å². The van der Waals surface area contributed by atoms with Gasteiger partial charge in [-0.1, -0.05) is 19.9 Å². The first-order valence-electron chi connectivity index (χ1n) is 7.62. The first-order valence-corrected chi connectivity index (χ1v) is 8.72. The molecule has 132 valence electrons. The molecule has 6 heteroatoms. The van der Waals surface area contributed by atoms with Crippen LogP contribution in [0.5, 0.6) is 0 Å². The minimum Gasteiger partial charge on any atom is -0.242 e. The van der Waals surface area contributed by atoms with E-state index < -0.39 is 27.5 Å². The first-order chi connectivity index (χ1) is 10.2. The summed E-state index contributed by atoms with van der Waals surface area (Å²) in [7, 11) is 0.376. The Hall–Kier alpha value is -0.880. The Balaban J connectivity index is 3.30. The molecule has 0 amide bonds. The monoisotopic (exact) mass is 349 g/mol. The standard InChI is InChI=1S/C17H26F3NOS/c1-11(2)13-8-14(10-15(9-13)17(18,19)20)12(3)21(7)23(22)16(4,5)6/h8-12H,1-7H3/t12-,23?/m1/s1. The molecule has 1 unspecified atom stereocenters. The highest BCUT2D eigenvalue weighted by molar-refractivity contribution is 7.84. The van der Waals surface area contributed by atoms with Gasteiger partial charge in [-0.15, -0.1) is 0 Å². The summed E-state index contributed by atoms with van der Waals surface area (Å²) in [6, 6.07) is 3.75. The molecule has 0 aliphatic rings. The number of benzene rings is 1. The van der Waals surface area contributed by atoms with E-state index in [1.807, 2.05) is 34.6 Å². The predicted molar refractivity (Wildman–Crippen MR) is 89.6 cm³/mol. The summed E-state index contributed by atoms with van der Waals surface area (Å²) < 4.78 is 53.1. The van der Waals surface area contributed by atoms with Gasteiger partial charge in [0.15, 0.2) is 0 Å². The third-order valence-corrected chi connectivity index (χ3v) is 5.67. The summed E-state index contributed by atoms with van der Waals surface area (Å²) in [6.45, 7) is 11.0. The molecule has 2 atom stereocenters. The highest BCUT2D eigenvalue weighted by Gasteiger charge is 2.33. The Morgan fingerprint density at radius 2 is 1.48 bits per heavy atom. The summed E-state index contributed by atoms with van der Waals surface area (Å²) in [5, 5.41) is 0. The average molecular weight is 349 g/mol. The van der Waals surface area contributed by atoms with Crippen LogP contribution in [0, 0.1) is 0 Å². The molecule has 1 rings (SSSR count). The molecule has 0 aliphatic carbocycles. The summed E-state index contributed by atoms with van der Waals surface area (Å²) in [4.78, 5) is 0. The molecule has 0 aliphatic heterocycles. The molecule has 0 saturated carbocycles. The maximum atomic E-state index is 13.2. The van der Waals surface area contributed by atoms with Crippen molar-refractivity contribution in [1.29, 1.82) is 0 Å². The highest BCUT2D eigenvalue weighted by Crippen LogP contribution is 2.35. The van der Waals surface area contributed by atoms with E-state index in [4.69, 9.17) is 0 Å². The van der Waals surface area contributed by atoms with Crippen molar-refractivity contribution in [2.24, 2.45) is 0 Å². The number of halogens is 3. The normalized spacial score (nSPS) is 16.0. The van der Waals surface area contributed by atoms with Gasteiger partial charge in [0, 0.05) is 13.1 Å². The van der Waals surface area contributed by atoms with Crippen LogP contribution in [0.2, 0.25) is 0 Å². The molecule has 0 N–H and O–H groups in total. The van der Waals surface area contributed by atoms with Crippen molar-refractivity contribution in [2.45, 2.75) is 64.4 Å². The Kier molecular flexibility index (Phi) is 6.08. The number of hydrogen-bond acceptors (Lipinski definition) is 1. The molecule has 0 spiro atoms. The summed E-state index contributed by atoms with van der Waals surface area (Å²) in [6.07, 6.45) is -4.39. The minimum absolute atomic E-state index is 0.0123. The number of rotatable bonds is 4. The van der Waals surface area contributed by atoms with Crippen LogP contribution in [0.3, 0.4) is 0 Å². The maximum Gasteiger partial charge on any atom is 0.416 e. The maximum absolute atomic E-state index is 13.2. The van der Waals surface area contributed by atoms with Gasteiger partial charge in [0.1, 0.15) is 0 Å². The lowest BCUT2D eigenvalue weighted by Gasteiger charge is -2.31. The minimum atomic E-state index is -4.39. The lowest BCUT2D eigenvalue weighted by Crippen LogP contribution is -2.36. The van der Waals surface area contributed by atoms with Crippen LogP contribution in [0.1, 0.15) is 70.2 Å². The van der Waals surface area contributed by atoms with Crippen LogP contribution < -0.4 is 0 Å². The Bertz CT molecular complexity index is 576. The molecule has 0 radical (unpaired) electrons. The molecule has 2 nitrogen and oxygen atoms in total. The zero-order valence-electron chi connectivity index (χ0n) is 14.8. The van der Waals surface area contributed by atoms with Gasteiger partial charge in [-0.05, 0) is 56.9 Å². The molecule has 0 fully saturated rings. The zero-order valence-corrected chi connectivity index (χ0v) is 15.6. The Morgan fingerprint density at radius 1 is 1.00 bits per heavy atom. The molecule has 0 aromatic heterocycles. The quantitative estimate of drug-likeness (QED) is 0.724. The van der Waals surface area contributed by atoms with E-state index in [0.717, 1.165) is 6.07 Å². The van der Waals surface area contributed by atoms with Gasteiger partial charge in [-0.2, -0.15) is 13.2 Å². The second-order valence-electron chi connectivity index (χ2n) is 7.12. The van der Waals surface area contributed by atoms with Crippen molar-refractivity contribution >= 4 is 11.0 Å². The van der Waals surface area contributed by atoms with Crippen molar-refractivity contribution in [3.8, 4) is 0 Å². The van der Waals surface area contributed by atoms with E-state index in [9.17, 15) is 17.4 Å². The molecule has 1 aromatic rings. The van der Waals surface area contributed by atoms with Gasteiger partial charge < -0.3 is 0 Å². The van der Waals surface area contributed by atoms with E-state index in [2.05, 4.69) is 0 Å². The second kappa shape index (κ2) is 6.93. The molecule has 0 saturated heterocycles. The third kappa shape index (κ3) is 5.05. The fraction of sp³-hybridized carbons (Fsp3) is 0.647. The lowest BCUT2D eigenvalue weighted by molar-refractivity contribution is -0.137. The van der Waals surface area contributed by atoms with Gasteiger partial charge in [0.2, 0.25) is 0 Å². The van der Waals surface area contributed by atoms with Crippen LogP contribution in [0.4, 0.5) is 13.2 Å². The fourth-order valence-electron chi connectivity index (χ4n) is 2.20. The molecule has 1 aromatic carbocycles. The highest BCUT2D eigenvalue weighted by atomic mass is 32.2. The number of hydrogen-bond donors (Lipinski definition) is 0. The number of alkyl halides is 3. The van der Waals surface area contributed by atoms with Crippen LogP contribution in [0.25, 0.3) is 0 Å². The van der Waals surface area contributed by atoms with E-state index in [1.165, 1.54) is 6.07 Å².